The fourth-order valence-electron chi connectivity index (χ4n) is 2.57. The van der Waals surface area contributed by atoms with Gasteiger partial charge in [0, 0.05) is 11.9 Å². The first-order chi connectivity index (χ1) is 11.6. The van der Waals surface area contributed by atoms with Crippen molar-refractivity contribution in [3.63, 3.8) is 0 Å². The van der Waals surface area contributed by atoms with Gasteiger partial charge in [0.1, 0.15) is 17.4 Å². The Morgan fingerprint density at radius 2 is 1.79 bits per heavy atom. The van der Waals surface area contributed by atoms with Crippen molar-refractivity contribution in [3.05, 3.63) is 82.3 Å². The Hall–Kier alpha value is -3.32. The molecular weight excluding hydrogens is 300 g/mol. The first kappa shape index (κ1) is 15.6. The summed E-state index contributed by atoms with van der Waals surface area (Å²) in [6, 6.07) is 18.8. The first-order valence-electron chi connectivity index (χ1n) is 7.50. The van der Waals surface area contributed by atoms with Crippen LogP contribution in [0.25, 0.3) is 16.8 Å². The van der Waals surface area contributed by atoms with Gasteiger partial charge in [-0.1, -0.05) is 24.3 Å². The highest BCUT2D eigenvalue weighted by atomic mass is 16.5. The molecule has 118 valence electrons. The molecule has 0 spiro atoms. The van der Waals surface area contributed by atoms with E-state index in [-0.39, 0.29) is 11.1 Å². The molecular formula is C20H16N2O2. The van der Waals surface area contributed by atoms with Crippen LogP contribution in [0, 0.1) is 18.3 Å². The van der Waals surface area contributed by atoms with Gasteiger partial charge in [0.15, 0.2) is 0 Å². The number of methoxy groups -OCH3 is 1. The van der Waals surface area contributed by atoms with E-state index in [1.807, 2.05) is 61.5 Å². The molecule has 1 aromatic heterocycles. The van der Waals surface area contributed by atoms with Crippen LogP contribution < -0.4 is 10.3 Å². The molecule has 0 atom stereocenters. The predicted molar refractivity (Wildman–Crippen MR) is 93.5 cm³/mol. The van der Waals surface area contributed by atoms with Gasteiger partial charge in [-0.2, -0.15) is 5.26 Å². The van der Waals surface area contributed by atoms with Crippen LogP contribution in [0.5, 0.6) is 5.75 Å². The van der Waals surface area contributed by atoms with E-state index < -0.39 is 0 Å². The molecule has 0 N–H and O–H groups in total. The number of hydrogen-bond acceptors (Lipinski definition) is 3. The molecule has 0 aliphatic carbocycles. The van der Waals surface area contributed by atoms with Crippen LogP contribution in [0.1, 0.15) is 11.1 Å². The molecule has 0 amide bonds. The zero-order valence-electron chi connectivity index (χ0n) is 13.5. The maximum Gasteiger partial charge on any atom is 0.273 e. The Labute approximate surface area is 140 Å². The number of rotatable bonds is 3. The molecule has 1 heterocycles. The van der Waals surface area contributed by atoms with Gasteiger partial charge in [0.2, 0.25) is 0 Å². The Kier molecular flexibility index (Phi) is 4.17. The maximum atomic E-state index is 12.5. The molecule has 0 aliphatic heterocycles. The summed E-state index contributed by atoms with van der Waals surface area (Å²) in [5.74, 6) is 0.756. The van der Waals surface area contributed by atoms with Crippen molar-refractivity contribution in [2.45, 2.75) is 6.92 Å². The molecule has 3 aromatic rings. The summed E-state index contributed by atoms with van der Waals surface area (Å²) in [5, 5.41) is 9.31. The van der Waals surface area contributed by atoms with Crippen LogP contribution in [0.15, 0.2) is 65.6 Å². The largest absolute Gasteiger partial charge is 0.497 e. The molecule has 4 heteroatoms. The van der Waals surface area contributed by atoms with Crippen LogP contribution >= 0.6 is 0 Å². The standard InChI is InChI=1S/C20H16N2O2/c1-14-4-3-5-18(10-14)22-13-17(11-16(12-21)20(22)23)15-6-8-19(24-2)9-7-15/h3-11,13H,1-2H3. The SMILES string of the molecule is COc1ccc(-c2cc(C#N)c(=O)n(-c3cccc(C)c3)c2)cc1. The third-order valence-corrected chi connectivity index (χ3v) is 3.84. The van der Waals surface area contributed by atoms with Crippen molar-refractivity contribution in [2.75, 3.05) is 7.11 Å². The van der Waals surface area contributed by atoms with Gasteiger partial charge in [-0.05, 0) is 53.9 Å². The van der Waals surface area contributed by atoms with Crippen LogP contribution in [0.2, 0.25) is 0 Å². The summed E-state index contributed by atoms with van der Waals surface area (Å²) in [6.07, 6.45) is 1.76. The van der Waals surface area contributed by atoms with E-state index in [9.17, 15) is 10.1 Å². The van der Waals surface area contributed by atoms with Crippen molar-refractivity contribution in [3.8, 4) is 28.6 Å². The number of nitrogens with zero attached hydrogens (tertiary/aromatic N) is 2. The lowest BCUT2D eigenvalue weighted by Gasteiger charge is -2.11. The van der Waals surface area contributed by atoms with E-state index in [4.69, 9.17) is 4.74 Å². The first-order valence-corrected chi connectivity index (χ1v) is 7.50. The minimum Gasteiger partial charge on any atom is -0.497 e. The average molecular weight is 316 g/mol. The third kappa shape index (κ3) is 2.92. The van der Waals surface area contributed by atoms with E-state index in [1.165, 1.54) is 4.57 Å². The van der Waals surface area contributed by atoms with E-state index in [0.29, 0.717) is 0 Å². The normalized spacial score (nSPS) is 10.2. The fourth-order valence-corrected chi connectivity index (χ4v) is 2.57. The van der Waals surface area contributed by atoms with Crippen molar-refractivity contribution in [1.29, 1.82) is 5.26 Å². The van der Waals surface area contributed by atoms with E-state index in [1.54, 1.807) is 19.4 Å². The van der Waals surface area contributed by atoms with Crippen LogP contribution in [-0.2, 0) is 0 Å². The maximum absolute atomic E-state index is 12.5. The number of aryl methyl sites for hydroxylation is 1. The minimum absolute atomic E-state index is 0.116. The van der Waals surface area contributed by atoms with Gasteiger partial charge in [-0.3, -0.25) is 9.36 Å². The molecule has 0 saturated heterocycles. The second-order valence-corrected chi connectivity index (χ2v) is 5.50. The van der Waals surface area contributed by atoms with Gasteiger partial charge in [0.05, 0.1) is 7.11 Å². The quantitative estimate of drug-likeness (QED) is 0.740. The number of benzene rings is 2. The number of pyridine rings is 1. The lowest BCUT2D eigenvalue weighted by molar-refractivity contribution is 0.415. The Bertz CT molecular complexity index is 980. The molecule has 2 aromatic carbocycles. The Balaban J connectivity index is 2.20. The predicted octanol–water partition coefficient (Wildman–Crippen LogP) is 3.69. The molecule has 4 nitrogen and oxygen atoms in total. The summed E-state index contributed by atoms with van der Waals surface area (Å²) in [5.41, 5.74) is 3.30. The molecule has 0 bridgehead atoms. The topological polar surface area (TPSA) is 55.0 Å². The molecule has 0 fully saturated rings. The number of ether oxygens (including phenoxy) is 1. The second kappa shape index (κ2) is 6.43. The highest BCUT2D eigenvalue weighted by Crippen LogP contribution is 2.23. The lowest BCUT2D eigenvalue weighted by atomic mass is 10.1. The zero-order chi connectivity index (χ0) is 17.1. The van der Waals surface area contributed by atoms with Crippen LogP contribution in [-0.4, -0.2) is 11.7 Å². The van der Waals surface area contributed by atoms with Gasteiger partial charge >= 0.3 is 0 Å². The Morgan fingerprint density at radius 3 is 2.42 bits per heavy atom. The van der Waals surface area contributed by atoms with Crippen LogP contribution in [0.3, 0.4) is 0 Å². The van der Waals surface area contributed by atoms with Crippen molar-refractivity contribution < 1.29 is 4.74 Å². The monoisotopic (exact) mass is 316 g/mol. The second-order valence-electron chi connectivity index (χ2n) is 5.50. The summed E-state index contributed by atoms with van der Waals surface area (Å²) < 4.78 is 6.69. The summed E-state index contributed by atoms with van der Waals surface area (Å²) in [4.78, 5) is 12.5. The summed E-state index contributed by atoms with van der Waals surface area (Å²) in [6.45, 7) is 1.97. The molecule has 0 unspecified atom stereocenters. The number of nitriles is 1. The molecule has 0 saturated carbocycles. The van der Waals surface area contributed by atoms with Gasteiger partial charge in [-0.15, -0.1) is 0 Å². The highest BCUT2D eigenvalue weighted by molar-refractivity contribution is 5.65. The van der Waals surface area contributed by atoms with E-state index >= 15 is 0 Å². The zero-order valence-corrected chi connectivity index (χ0v) is 13.5. The number of aromatic nitrogens is 1. The molecule has 0 radical (unpaired) electrons. The minimum atomic E-state index is -0.319. The van der Waals surface area contributed by atoms with E-state index in [0.717, 1.165) is 28.1 Å². The molecule has 24 heavy (non-hydrogen) atoms. The molecule has 3 rings (SSSR count). The Morgan fingerprint density at radius 1 is 1.04 bits per heavy atom. The summed E-state index contributed by atoms with van der Waals surface area (Å²) in [7, 11) is 1.61. The third-order valence-electron chi connectivity index (χ3n) is 3.84. The summed E-state index contributed by atoms with van der Waals surface area (Å²) >= 11 is 0. The molecule has 0 aliphatic rings. The van der Waals surface area contributed by atoms with Crippen molar-refractivity contribution in [1.82, 2.24) is 4.57 Å². The smallest absolute Gasteiger partial charge is 0.273 e. The van der Waals surface area contributed by atoms with Crippen molar-refractivity contribution >= 4 is 0 Å². The van der Waals surface area contributed by atoms with Crippen LogP contribution in [0.4, 0.5) is 0 Å². The lowest BCUT2D eigenvalue weighted by Crippen LogP contribution is -2.20. The van der Waals surface area contributed by atoms with E-state index in [2.05, 4.69) is 0 Å². The number of hydrogen-bond donors (Lipinski definition) is 0. The fraction of sp³-hybridized carbons (Fsp3) is 0.100. The van der Waals surface area contributed by atoms with Gasteiger partial charge < -0.3 is 4.74 Å². The van der Waals surface area contributed by atoms with Gasteiger partial charge in [0.25, 0.3) is 5.56 Å². The highest BCUT2D eigenvalue weighted by Gasteiger charge is 2.10. The van der Waals surface area contributed by atoms with Crippen molar-refractivity contribution in [2.24, 2.45) is 0 Å². The average Bonchev–Trinajstić information content (AvgIpc) is 2.62. The van der Waals surface area contributed by atoms with Gasteiger partial charge in [-0.25, -0.2) is 0 Å².